The lowest BCUT2D eigenvalue weighted by Gasteiger charge is -2.30. The van der Waals surface area contributed by atoms with Gasteiger partial charge in [0.15, 0.2) is 0 Å². The number of piperidine rings is 1. The fourth-order valence-corrected chi connectivity index (χ4v) is 2.78. The summed E-state index contributed by atoms with van der Waals surface area (Å²) in [5, 5.41) is 20.6. The van der Waals surface area contributed by atoms with Crippen molar-refractivity contribution in [1.29, 1.82) is 5.26 Å². The summed E-state index contributed by atoms with van der Waals surface area (Å²) in [7, 11) is 0. The van der Waals surface area contributed by atoms with Crippen molar-refractivity contribution in [3.05, 3.63) is 5.01 Å². The molecule has 0 atom stereocenters. The van der Waals surface area contributed by atoms with Gasteiger partial charge in [0.1, 0.15) is 5.01 Å². The summed E-state index contributed by atoms with van der Waals surface area (Å²) in [6.07, 6.45) is 2.24. The number of rotatable bonds is 4. The third kappa shape index (κ3) is 3.98. The molecular formula is C12H17N5OS. The van der Waals surface area contributed by atoms with Gasteiger partial charge in [0.25, 0.3) is 0 Å². The predicted octanol–water partition coefficient (Wildman–Crippen LogP) is 1.41. The molecule has 1 fully saturated rings. The van der Waals surface area contributed by atoms with Gasteiger partial charge in [-0.05, 0) is 32.9 Å². The molecule has 1 aliphatic heterocycles. The van der Waals surface area contributed by atoms with Crippen molar-refractivity contribution < 1.29 is 4.79 Å². The van der Waals surface area contributed by atoms with E-state index in [9.17, 15) is 4.79 Å². The van der Waals surface area contributed by atoms with E-state index >= 15 is 0 Å². The lowest BCUT2D eigenvalue weighted by molar-refractivity contribution is -0.121. The van der Waals surface area contributed by atoms with Gasteiger partial charge in [-0.2, -0.15) is 5.26 Å². The summed E-state index contributed by atoms with van der Waals surface area (Å²) in [5.74, 6) is 0.0821. The Hall–Kier alpha value is -1.52. The van der Waals surface area contributed by atoms with Gasteiger partial charge in [-0.15, -0.1) is 10.2 Å². The van der Waals surface area contributed by atoms with Crippen LogP contribution in [0.4, 0.5) is 5.13 Å². The number of carbonyl (C=O) groups is 1. The third-order valence-corrected chi connectivity index (χ3v) is 4.01. The van der Waals surface area contributed by atoms with E-state index in [0.717, 1.165) is 37.5 Å². The largest absolute Gasteiger partial charge is 0.302 e. The van der Waals surface area contributed by atoms with Crippen LogP contribution >= 0.6 is 11.3 Å². The van der Waals surface area contributed by atoms with Crippen LogP contribution < -0.4 is 5.32 Å². The zero-order valence-corrected chi connectivity index (χ0v) is 11.7. The van der Waals surface area contributed by atoms with Crippen LogP contribution in [0.2, 0.25) is 0 Å². The monoisotopic (exact) mass is 279 g/mol. The SMILES string of the molecule is Cc1nnc(NC(=O)C2CCN(CCC#N)CC2)s1. The van der Waals surface area contributed by atoms with Crippen molar-refractivity contribution in [2.24, 2.45) is 5.92 Å². The molecule has 2 rings (SSSR count). The minimum absolute atomic E-state index is 0.0380. The van der Waals surface area contributed by atoms with Crippen LogP contribution in [0, 0.1) is 24.2 Å². The van der Waals surface area contributed by atoms with Gasteiger partial charge in [-0.3, -0.25) is 4.79 Å². The van der Waals surface area contributed by atoms with E-state index in [1.165, 1.54) is 11.3 Å². The zero-order chi connectivity index (χ0) is 13.7. The molecule has 1 aromatic rings. The Balaban J connectivity index is 1.78. The topological polar surface area (TPSA) is 81.9 Å². The number of aromatic nitrogens is 2. The second kappa shape index (κ2) is 6.59. The van der Waals surface area contributed by atoms with Crippen molar-refractivity contribution in [2.75, 3.05) is 25.0 Å². The Kier molecular flexibility index (Phi) is 4.82. The van der Waals surface area contributed by atoms with Crippen LogP contribution in [-0.2, 0) is 4.79 Å². The second-order valence-electron chi connectivity index (χ2n) is 4.64. The Morgan fingerprint density at radius 1 is 1.53 bits per heavy atom. The average Bonchev–Trinajstić information content (AvgIpc) is 2.82. The molecule has 19 heavy (non-hydrogen) atoms. The molecule has 7 heteroatoms. The van der Waals surface area contributed by atoms with Crippen LogP contribution in [0.5, 0.6) is 0 Å². The van der Waals surface area contributed by atoms with E-state index in [2.05, 4.69) is 26.5 Å². The predicted molar refractivity (Wildman–Crippen MR) is 72.7 cm³/mol. The van der Waals surface area contributed by atoms with Crippen molar-refractivity contribution in [3.8, 4) is 6.07 Å². The van der Waals surface area contributed by atoms with Gasteiger partial charge in [0, 0.05) is 18.9 Å². The van der Waals surface area contributed by atoms with Crippen LogP contribution in [0.15, 0.2) is 0 Å². The molecule has 0 saturated carbocycles. The quantitative estimate of drug-likeness (QED) is 0.901. The van der Waals surface area contributed by atoms with E-state index in [-0.39, 0.29) is 11.8 Å². The highest BCUT2D eigenvalue weighted by Crippen LogP contribution is 2.21. The van der Waals surface area contributed by atoms with E-state index < -0.39 is 0 Å². The summed E-state index contributed by atoms with van der Waals surface area (Å²) < 4.78 is 0. The number of hydrogen-bond acceptors (Lipinski definition) is 6. The number of nitriles is 1. The van der Waals surface area contributed by atoms with Gasteiger partial charge in [-0.1, -0.05) is 11.3 Å². The second-order valence-corrected chi connectivity index (χ2v) is 5.82. The Bertz CT molecular complexity index is 473. The van der Waals surface area contributed by atoms with E-state index in [0.29, 0.717) is 11.6 Å². The van der Waals surface area contributed by atoms with Crippen LogP contribution in [0.25, 0.3) is 0 Å². The Morgan fingerprint density at radius 3 is 2.84 bits per heavy atom. The molecule has 0 bridgehead atoms. The highest BCUT2D eigenvalue weighted by Gasteiger charge is 2.25. The van der Waals surface area contributed by atoms with Gasteiger partial charge in [0.2, 0.25) is 11.0 Å². The van der Waals surface area contributed by atoms with Crippen molar-refractivity contribution in [3.63, 3.8) is 0 Å². The fraction of sp³-hybridized carbons (Fsp3) is 0.667. The number of nitrogens with zero attached hydrogens (tertiary/aromatic N) is 4. The lowest BCUT2D eigenvalue weighted by atomic mass is 9.96. The van der Waals surface area contributed by atoms with Crippen molar-refractivity contribution >= 4 is 22.4 Å². The number of amides is 1. The number of hydrogen-bond donors (Lipinski definition) is 1. The maximum atomic E-state index is 12.1. The molecule has 1 saturated heterocycles. The zero-order valence-electron chi connectivity index (χ0n) is 10.9. The van der Waals surface area contributed by atoms with Crippen LogP contribution in [-0.4, -0.2) is 40.6 Å². The van der Waals surface area contributed by atoms with Crippen LogP contribution in [0.3, 0.4) is 0 Å². The third-order valence-electron chi connectivity index (χ3n) is 3.25. The van der Waals surface area contributed by atoms with Gasteiger partial charge in [-0.25, -0.2) is 0 Å². The first-order valence-electron chi connectivity index (χ1n) is 6.39. The molecule has 102 valence electrons. The maximum Gasteiger partial charge on any atom is 0.229 e. The Morgan fingerprint density at radius 2 is 2.26 bits per heavy atom. The molecular weight excluding hydrogens is 262 g/mol. The average molecular weight is 279 g/mol. The molecule has 1 aliphatic rings. The minimum Gasteiger partial charge on any atom is -0.302 e. The maximum absolute atomic E-state index is 12.1. The first-order chi connectivity index (χ1) is 9.19. The summed E-state index contributed by atoms with van der Waals surface area (Å²) in [4.78, 5) is 14.3. The first-order valence-corrected chi connectivity index (χ1v) is 7.21. The van der Waals surface area contributed by atoms with E-state index in [1.54, 1.807) is 0 Å². The smallest absolute Gasteiger partial charge is 0.229 e. The normalized spacial score (nSPS) is 17.1. The molecule has 0 unspecified atom stereocenters. The molecule has 1 N–H and O–H groups in total. The summed E-state index contributed by atoms with van der Waals surface area (Å²) in [6, 6.07) is 2.15. The highest BCUT2D eigenvalue weighted by molar-refractivity contribution is 7.15. The number of carbonyl (C=O) groups excluding carboxylic acids is 1. The van der Waals surface area contributed by atoms with Gasteiger partial charge < -0.3 is 10.2 Å². The molecule has 0 spiro atoms. The number of anilines is 1. The standard InChI is InChI=1S/C12H17N5OS/c1-9-15-16-12(19-9)14-11(18)10-3-7-17(8-4-10)6-2-5-13/h10H,2-4,6-8H2,1H3,(H,14,16,18). The molecule has 0 radical (unpaired) electrons. The minimum atomic E-state index is 0.0380. The van der Waals surface area contributed by atoms with E-state index in [1.807, 2.05) is 6.92 Å². The molecule has 6 nitrogen and oxygen atoms in total. The number of likely N-dealkylation sites (tertiary alicyclic amines) is 1. The van der Waals surface area contributed by atoms with Gasteiger partial charge >= 0.3 is 0 Å². The molecule has 0 aliphatic carbocycles. The molecule has 0 aromatic carbocycles. The summed E-state index contributed by atoms with van der Waals surface area (Å²) in [6.45, 7) is 4.44. The Labute approximate surface area is 116 Å². The lowest BCUT2D eigenvalue weighted by Crippen LogP contribution is -2.38. The number of aryl methyl sites for hydroxylation is 1. The van der Waals surface area contributed by atoms with E-state index in [4.69, 9.17) is 5.26 Å². The molecule has 1 aromatic heterocycles. The first kappa shape index (κ1) is 13.9. The fourth-order valence-electron chi connectivity index (χ4n) is 2.18. The van der Waals surface area contributed by atoms with Crippen LogP contribution in [0.1, 0.15) is 24.3 Å². The van der Waals surface area contributed by atoms with Gasteiger partial charge in [0.05, 0.1) is 6.07 Å². The molecule has 1 amide bonds. The van der Waals surface area contributed by atoms with Crippen molar-refractivity contribution in [2.45, 2.75) is 26.2 Å². The number of nitrogens with one attached hydrogen (secondary N) is 1. The summed E-state index contributed by atoms with van der Waals surface area (Å²) in [5.41, 5.74) is 0. The molecule has 2 heterocycles. The summed E-state index contributed by atoms with van der Waals surface area (Å²) >= 11 is 1.39. The van der Waals surface area contributed by atoms with Crippen molar-refractivity contribution in [1.82, 2.24) is 15.1 Å². The highest BCUT2D eigenvalue weighted by atomic mass is 32.1.